The van der Waals surface area contributed by atoms with E-state index < -0.39 is 0 Å². The minimum Gasteiger partial charge on any atom is -0.494 e. The van der Waals surface area contributed by atoms with Gasteiger partial charge in [0.05, 0.1) is 12.6 Å². The molecule has 0 fully saturated rings. The fraction of sp³-hybridized carbons (Fsp3) is 0.182. The molecule has 0 spiro atoms. The number of amides is 1. The number of nitrogens with one attached hydrogen (secondary N) is 2. The van der Waals surface area contributed by atoms with E-state index in [9.17, 15) is 4.79 Å². The molecule has 0 saturated heterocycles. The molecule has 1 heterocycles. The average Bonchev–Trinajstić information content (AvgIpc) is 2.62. The summed E-state index contributed by atoms with van der Waals surface area (Å²) < 4.78 is 5.17. The Morgan fingerprint density at radius 1 is 1.47 bits per heavy atom. The summed E-state index contributed by atoms with van der Waals surface area (Å²) in [7, 11) is 1.58. The van der Waals surface area contributed by atoms with Gasteiger partial charge < -0.3 is 15.0 Å². The number of hydrogen-bond donors (Lipinski definition) is 2. The first kappa shape index (κ1) is 9.58. The van der Waals surface area contributed by atoms with Crippen LogP contribution in [0.1, 0.15) is 5.56 Å². The van der Waals surface area contributed by atoms with Crippen LogP contribution in [0, 0.1) is 6.92 Å². The lowest BCUT2D eigenvalue weighted by atomic mass is 10.1. The second-order valence-corrected chi connectivity index (χ2v) is 3.30. The van der Waals surface area contributed by atoms with Gasteiger partial charge in [-0.15, -0.1) is 0 Å². The quantitative estimate of drug-likeness (QED) is 0.752. The fourth-order valence-corrected chi connectivity index (χ4v) is 1.69. The van der Waals surface area contributed by atoms with Crippen molar-refractivity contribution in [2.24, 2.45) is 0 Å². The monoisotopic (exact) mass is 204 g/mol. The summed E-state index contributed by atoms with van der Waals surface area (Å²) in [5, 5.41) is 3.73. The number of methoxy groups -OCH3 is 1. The zero-order valence-electron chi connectivity index (χ0n) is 8.63. The molecule has 0 unspecified atom stereocenters. The van der Waals surface area contributed by atoms with Crippen LogP contribution in [0.15, 0.2) is 18.3 Å². The van der Waals surface area contributed by atoms with Crippen LogP contribution in [0.5, 0.6) is 5.75 Å². The average molecular weight is 204 g/mol. The smallest absolute Gasteiger partial charge is 0.211 e. The summed E-state index contributed by atoms with van der Waals surface area (Å²) in [6, 6.07) is 3.81. The van der Waals surface area contributed by atoms with E-state index in [0.29, 0.717) is 17.8 Å². The molecule has 4 nitrogen and oxygen atoms in total. The van der Waals surface area contributed by atoms with Crippen LogP contribution in [-0.4, -0.2) is 18.5 Å². The minimum atomic E-state index is 0.646. The Kier molecular flexibility index (Phi) is 2.33. The van der Waals surface area contributed by atoms with E-state index in [-0.39, 0.29) is 0 Å². The van der Waals surface area contributed by atoms with Gasteiger partial charge >= 0.3 is 0 Å². The first-order chi connectivity index (χ1) is 7.27. The zero-order valence-corrected chi connectivity index (χ0v) is 8.63. The summed E-state index contributed by atoms with van der Waals surface area (Å²) in [5.41, 5.74) is 2.71. The molecule has 4 heteroatoms. The number of ether oxygens (including phenoxy) is 1. The molecule has 0 atom stereocenters. The van der Waals surface area contributed by atoms with Gasteiger partial charge in [0.15, 0.2) is 0 Å². The van der Waals surface area contributed by atoms with Gasteiger partial charge in [0.1, 0.15) is 11.4 Å². The molecule has 0 aliphatic rings. The molecule has 1 amide bonds. The maximum absolute atomic E-state index is 10.5. The Balaban J connectivity index is 2.72. The summed E-state index contributed by atoms with van der Waals surface area (Å²) in [4.78, 5) is 13.6. The highest BCUT2D eigenvalue weighted by Crippen LogP contribution is 2.33. The van der Waals surface area contributed by atoms with Gasteiger partial charge in [-0.1, -0.05) is 0 Å². The predicted octanol–water partition coefficient (Wildman–Crippen LogP) is 2.05. The van der Waals surface area contributed by atoms with E-state index in [1.54, 1.807) is 7.11 Å². The maximum Gasteiger partial charge on any atom is 0.211 e. The lowest BCUT2D eigenvalue weighted by molar-refractivity contribution is -0.105. The van der Waals surface area contributed by atoms with Crippen LogP contribution in [0.25, 0.3) is 10.9 Å². The van der Waals surface area contributed by atoms with Crippen molar-refractivity contribution in [3.05, 3.63) is 23.9 Å². The van der Waals surface area contributed by atoms with Crippen LogP contribution >= 0.6 is 0 Å². The Labute approximate surface area is 87.2 Å². The van der Waals surface area contributed by atoms with Gasteiger partial charge in [0, 0.05) is 11.6 Å². The normalized spacial score (nSPS) is 10.3. The molecule has 1 aromatic carbocycles. The molecule has 2 rings (SSSR count). The van der Waals surface area contributed by atoms with Gasteiger partial charge in [0.2, 0.25) is 6.41 Å². The summed E-state index contributed by atoms with van der Waals surface area (Å²) in [6.07, 6.45) is 2.55. The first-order valence-corrected chi connectivity index (χ1v) is 4.62. The molecular weight excluding hydrogens is 192 g/mol. The van der Waals surface area contributed by atoms with E-state index in [4.69, 9.17) is 4.74 Å². The number of benzene rings is 1. The molecule has 0 aliphatic heterocycles. The van der Waals surface area contributed by atoms with Crippen LogP contribution < -0.4 is 10.1 Å². The standard InChI is InChI=1S/C11H12N2O2/c1-7-5-12-10-8(7)3-4-9(15-2)11(10)13-6-14/h3-6,12H,1-2H3,(H,13,14). The van der Waals surface area contributed by atoms with Crippen molar-refractivity contribution < 1.29 is 9.53 Å². The highest BCUT2D eigenvalue weighted by molar-refractivity contribution is 5.99. The number of aromatic amines is 1. The number of carbonyl (C=O) groups excluding carboxylic acids is 1. The van der Waals surface area contributed by atoms with E-state index in [2.05, 4.69) is 10.3 Å². The molecule has 0 radical (unpaired) electrons. The van der Waals surface area contributed by atoms with Crippen molar-refractivity contribution in [1.82, 2.24) is 4.98 Å². The first-order valence-electron chi connectivity index (χ1n) is 4.62. The van der Waals surface area contributed by atoms with Gasteiger partial charge in [0.25, 0.3) is 0 Å². The largest absolute Gasteiger partial charge is 0.494 e. The summed E-state index contributed by atoms with van der Waals surface area (Å²) in [5.74, 6) is 0.649. The SMILES string of the molecule is COc1ccc2c(C)c[nH]c2c1NC=O. The summed E-state index contributed by atoms with van der Waals surface area (Å²) in [6.45, 7) is 2.01. The van der Waals surface area contributed by atoms with E-state index >= 15 is 0 Å². The number of fused-ring (bicyclic) bond motifs is 1. The van der Waals surface area contributed by atoms with Crippen LogP contribution in [0.2, 0.25) is 0 Å². The lowest BCUT2D eigenvalue weighted by Crippen LogP contribution is -1.98. The van der Waals surface area contributed by atoms with Crippen LogP contribution in [0.3, 0.4) is 0 Å². The zero-order chi connectivity index (χ0) is 10.8. The van der Waals surface area contributed by atoms with E-state index in [0.717, 1.165) is 16.5 Å². The van der Waals surface area contributed by atoms with Crippen molar-refractivity contribution in [2.45, 2.75) is 6.92 Å². The van der Waals surface area contributed by atoms with Crippen molar-refractivity contribution in [3.63, 3.8) is 0 Å². The van der Waals surface area contributed by atoms with Crippen molar-refractivity contribution in [1.29, 1.82) is 0 Å². The molecule has 0 bridgehead atoms. The number of aryl methyl sites for hydroxylation is 1. The molecule has 1 aromatic heterocycles. The number of H-pyrrole nitrogens is 1. The molecule has 0 aliphatic carbocycles. The number of aromatic nitrogens is 1. The molecule has 15 heavy (non-hydrogen) atoms. The molecule has 78 valence electrons. The maximum atomic E-state index is 10.5. The Morgan fingerprint density at radius 2 is 2.27 bits per heavy atom. The van der Waals surface area contributed by atoms with Gasteiger partial charge in [-0.05, 0) is 24.6 Å². The molecule has 2 aromatic rings. The number of hydrogen-bond acceptors (Lipinski definition) is 2. The van der Waals surface area contributed by atoms with Crippen molar-refractivity contribution in [3.8, 4) is 5.75 Å². The van der Waals surface area contributed by atoms with Gasteiger partial charge in [-0.25, -0.2) is 0 Å². The molecule has 2 N–H and O–H groups in total. The fourth-order valence-electron chi connectivity index (χ4n) is 1.69. The number of anilines is 1. The topological polar surface area (TPSA) is 54.1 Å². The second kappa shape index (κ2) is 3.65. The van der Waals surface area contributed by atoms with Crippen molar-refractivity contribution in [2.75, 3.05) is 12.4 Å². The Morgan fingerprint density at radius 3 is 2.93 bits per heavy atom. The third-order valence-electron chi connectivity index (χ3n) is 2.45. The van der Waals surface area contributed by atoms with Gasteiger partial charge in [-0.2, -0.15) is 0 Å². The minimum absolute atomic E-state index is 0.646. The lowest BCUT2D eigenvalue weighted by Gasteiger charge is -2.08. The van der Waals surface area contributed by atoms with Crippen molar-refractivity contribution >= 4 is 23.0 Å². The third kappa shape index (κ3) is 1.44. The second-order valence-electron chi connectivity index (χ2n) is 3.30. The Hall–Kier alpha value is -1.97. The molecular formula is C11H12N2O2. The van der Waals surface area contributed by atoms with E-state index in [1.165, 1.54) is 0 Å². The van der Waals surface area contributed by atoms with Crippen LogP contribution in [0.4, 0.5) is 5.69 Å². The predicted molar refractivity (Wildman–Crippen MR) is 59.3 cm³/mol. The van der Waals surface area contributed by atoms with E-state index in [1.807, 2.05) is 25.3 Å². The number of carbonyl (C=O) groups is 1. The number of rotatable bonds is 3. The molecule has 0 saturated carbocycles. The Bertz CT molecular complexity index is 503. The third-order valence-corrected chi connectivity index (χ3v) is 2.45. The summed E-state index contributed by atoms with van der Waals surface area (Å²) >= 11 is 0. The van der Waals surface area contributed by atoms with Crippen LogP contribution in [-0.2, 0) is 4.79 Å². The highest BCUT2D eigenvalue weighted by atomic mass is 16.5. The van der Waals surface area contributed by atoms with Gasteiger partial charge in [-0.3, -0.25) is 4.79 Å². The highest BCUT2D eigenvalue weighted by Gasteiger charge is 2.09.